The standard InChI is InChI=1S/C16H19NO2/c1-13(2)12-19-15-7-5-14(6-8-15)10-17-11-16-4-3-9-18-16/h3-9,17H,1,10-12H2,2H3. The fourth-order valence-corrected chi connectivity index (χ4v) is 1.65. The van der Waals surface area contributed by atoms with Gasteiger partial charge in [0.1, 0.15) is 18.1 Å². The highest BCUT2D eigenvalue weighted by Gasteiger charge is 1.98. The first-order chi connectivity index (χ1) is 9.24. The smallest absolute Gasteiger partial charge is 0.119 e. The summed E-state index contributed by atoms with van der Waals surface area (Å²) in [7, 11) is 0. The molecule has 19 heavy (non-hydrogen) atoms. The molecule has 0 spiro atoms. The summed E-state index contributed by atoms with van der Waals surface area (Å²) >= 11 is 0. The van der Waals surface area contributed by atoms with Crippen molar-refractivity contribution in [2.75, 3.05) is 6.61 Å². The van der Waals surface area contributed by atoms with Crippen molar-refractivity contribution in [2.45, 2.75) is 20.0 Å². The van der Waals surface area contributed by atoms with Crippen molar-refractivity contribution in [1.29, 1.82) is 0 Å². The molecule has 0 atom stereocenters. The summed E-state index contributed by atoms with van der Waals surface area (Å²) in [6, 6.07) is 11.9. The van der Waals surface area contributed by atoms with Crippen molar-refractivity contribution < 1.29 is 9.15 Å². The molecule has 1 heterocycles. The lowest BCUT2D eigenvalue weighted by atomic mass is 10.2. The third kappa shape index (κ3) is 4.64. The minimum absolute atomic E-state index is 0.566. The number of hydrogen-bond acceptors (Lipinski definition) is 3. The molecule has 0 saturated heterocycles. The van der Waals surface area contributed by atoms with Crippen LogP contribution in [-0.4, -0.2) is 6.61 Å². The number of rotatable bonds is 7. The van der Waals surface area contributed by atoms with Crippen LogP contribution in [-0.2, 0) is 13.1 Å². The van der Waals surface area contributed by atoms with Crippen molar-refractivity contribution >= 4 is 0 Å². The monoisotopic (exact) mass is 257 g/mol. The lowest BCUT2D eigenvalue weighted by molar-refractivity contribution is 0.352. The highest BCUT2D eigenvalue weighted by molar-refractivity contribution is 5.27. The maximum atomic E-state index is 5.55. The van der Waals surface area contributed by atoms with Gasteiger partial charge < -0.3 is 14.5 Å². The first kappa shape index (κ1) is 13.4. The number of benzene rings is 1. The lowest BCUT2D eigenvalue weighted by Gasteiger charge is -2.07. The molecule has 3 heteroatoms. The van der Waals surface area contributed by atoms with E-state index in [1.807, 2.05) is 31.2 Å². The van der Waals surface area contributed by atoms with Crippen LogP contribution in [0.25, 0.3) is 0 Å². The van der Waals surface area contributed by atoms with Crippen LogP contribution in [0.2, 0.25) is 0 Å². The van der Waals surface area contributed by atoms with Gasteiger partial charge in [-0.1, -0.05) is 18.7 Å². The number of ether oxygens (including phenoxy) is 1. The second-order valence-corrected chi connectivity index (χ2v) is 4.57. The normalized spacial score (nSPS) is 10.4. The zero-order valence-corrected chi connectivity index (χ0v) is 11.2. The van der Waals surface area contributed by atoms with E-state index in [2.05, 4.69) is 24.0 Å². The van der Waals surface area contributed by atoms with Crippen molar-refractivity contribution in [2.24, 2.45) is 0 Å². The first-order valence-corrected chi connectivity index (χ1v) is 6.33. The van der Waals surface area contributed by atoms with Crippen LogP contribution in [0.3, 0.4) is 0 Å². The predicted molar refractivity (Wildman–Crippen MR) is 76.0 cm³/mol. The minimum atomic E-state index is 0.566. The van der Waals surface area contributed by atoms with Crippen LogP contribution in [0.4, 0.5) is 0 Å². The number of nitrogens with one attached hydrogen (secondary N) is 1. The Hall–Kier alpha value is -2.00. The van der Waals surface area contributed by atoms with Gasteiger partial charge in [-0.05, 0) is 42.3 Å². The Bertz CT molecular complexity index is 500. The number of hydrogen-bond donors (Lipinski definition) is 1. The minimum Gasteiger partial charge on any atom is -0.489 e. The van der Waals surface area contributed by atoms with Crippen LogP contribution >= 0.6 is 0 Å². The molecular weight excluding hydrogens is 238 g/mol. The van der Waals surface area contributed by atoms with Crippen LogP contribution in [0, 0.1) is 0 Å². The predicted octanol–water partition coefficient (Wildman–Crippen LogP) is 3.52. The van der Waals surface area contributed by atoms with Gasteiger partial charge in [-0.3, -0.25) is 0 Å². The lowest BCUT2D eigenvalue weighted by Crippen LogP contribution is -2.12. The molecule has 1 N–H and O–H groups in total. The van der Waals surface area contributed by atoms with Crippen LogP contribution in [0.5, 0.6) is 5.75 Å². The van der Waals surface area contributed by atoms with Gasteiger partial charge in [0.25, 0.3) is 0 Å². The number of furan rings is 1. The molecule has 0 aliphatic carbocycles. The maximum absolute atomic E-state index is 5.55. The molecule has 100 valence electrons. The van der Waals surface area contributed by atoms with E-state index in [0.717, 1.165) is 30.2 Å². The summed E-state index contributed by atoms with van der Waals surface area (Å²) in [6.45, 7) is 7.87. The second-order valence-electron chi connectivity index (χ2n) is 4.57. The summed E-state index contributed by atoms with van der Waals surface area (Å²) in [4.78, 5) is 0. The molecule has 0 aliphatic rings. The Morgan fingerprint density at radius 2 is 2.00 bits per heavy atom. The third-order valence-corrected chi connectivity index (χ3v) is 2.62. The molecule has 0 fully saturated rings. The van der Waals surface area contributed by atoms with Crippen molar-refractivity contribution in [1.82, 2.24) is 5.32 Å². The first-order valence-electron chi connectivity index (χ1n) is 6.33. The van der Waals surface area contributed by atoms with Crippen molar-refractivity contribution in [3.63, 3.8) is 0 Å². The quantitative estimate of drug-likeness (QED) is 0.771. The average Bonchev–Trinajstić information content (AvgIpc) is 2.91. The van der Waals surface area contributed by atoms with Crippen molar-refractivity contribution in [3.8, 4) is 5.75 Å². The van der Waals surface area contributed by atoms with Crippen molar-refractivity contribution in [3.05, 3.63) is 66.1 Å². The van der Waals surface area contributed by atoms with Crippen LogP contribution in [0.15, 0.2) is 59.2 Å². The molecular formula is C16H19NO2. The summed E-state index contributed by atoms with van der Waals surface area (Å²) in [6.07, 6.45) is 1.69. The Morgan fingerprint density at radius 3 is 2.63 bits per heavy atom. The van der Waals surface area contributed by atoms with E-state index in [1.54, 1.807) is 6.26 Å². The van der Waals surface area contributed by atoms with Gasteiger partial charge >= 0.3 is 0 Å². The fourth-order valence-electron chi connectivity index (χ4n) is 1.65. The van der Waals surface area contributed by atoms with Gasteiger partial charge in [-0.2, -0.15) is 0 Å². The Kier molecular flexibility index (Phi) is 4.81. The molecule has 0 amide bonds. The molecule has 2 aromatic rings. The van der Waals surface area contributed by atoms with Crippen LogP contribution < -0.4 is 10.1 Å². The van der Waals surface area contributed by atoms with Gasteiger partial charge in [0.05, 0.1) is 12.8 Å². The average molecular weight is 257 g/mol. The largest absolute Gasteiger partial charge is 0.489 e. The van der Waals surface area contributed by atoms with E-state index in [9.17, 15) is 0 Å². The van der Waals surface area contributed by atoms with E-state index in [-0.39, 0.29) is 0 Å². The van der Waals surface area contributed by atoms with Gasteiger partial charge in [-0.15, -0.1) is 0 Å². The Balaban J connectivity index is 1.76. The van der Waals surface area contributed by atoms with Gasteiger partial charge in [0.2, 0.25) is 0 Å². The van der Waals surface area contributed by atoms with Gasteiger partial charge in [0.15, 0.2) is 0 Å². The second kappa shape index (κ2) is 6.81. The molecule has 0 radical (unpaired) electrons. The molecule has 0 unspecified atom stereocenters. The zero-order chi connectivity index (χ0) is 13.5. The summed E-state index contributed by atoms with van der Waals surface area (Å²) in [5.74, 6) is 1.82. The SMILES string of the molecule is C=C(C)COc1ccc(CNCc2ccco2)cc1. The summed E-state index contributed by atoms with van der Waals surface area (Å²) < 4.78 is 10.8. The van der Waals surface area contributed by atoms with E-state index in [1.165, 1.54) is 5.56 Å². The molecule has 1 aromatic heterocycles. The Labute approximate surface area is 113 Å². The molecule has 1 aromatic carbocycles. The van der Waals surface area contributed by atoms with E-state index in [0.29, 0.717) is 6.61 Å². The molecule has 0 aliphatic heterocycles. The van der Waals surface area contributed by atoms with E-state index >= 15 is 0 Å². The highest BCUT2D eigenvalue weighted by atomic mass is 16.5. The van der Waals surface area contributed by atoms with Gasteiger partial charge in [0, 0.05) is 6.54 Å². The van der Waals surface area contributed by atoms with E-state index in [4.69, 9.17) is 9.15 Å². The fraction of sp³-hybridized carbons (Fsp3) is 0.250. The summed E-state index contributed by atoms with van der Waals surface area (Å²) in [5.41, 5.74) is 2.23. The molecule has 2 rings (SSSR count). The van der Waals surface area contributed by atoms with Crippen LogP contribution in [0.1, 0.15) is 18.2 Å². The molecule has 0 bridgehead atoms. The molecule has 0 saturated carbocycles. The topological polar surface area (TPSA) is 34.4 Å². The third-order valence-electron chi connectivity index (χ3n) is 2.62. The molecule has 3 nitrogen and oxygen atoms in total. The van der Waals surface area contributed by atoms with Gasteiger partial charge in [-0.25, -0.2) is 0 Å². The van der Waals surface area contributed by atoms with E-state index < -0.39 is 0 Å². The Morgan fingerprint density at radius 1 is 1.21 bits per heavy atom. The summed E-state index contributed by atoms with van der Waals surface area (Å²) in [5, 5.41) is 3.33. The maximum Gasteiger partial charge on any atom is 0.119 e. The zero-order valence-electron chi connectivity index (χ0n) is 11.2. The highest BCUT2D eigenvalue weighted by Crippen LogP contribution is 2.13.